The number of amides is 1. The summed E-state index contributed by atoms with van der Waals surface area (Å²) in [5.74, 6) is -0.412. The van der Waals surface area contributed by atoms with Crippen molar-refractivity contribution in [2.75, 3.05) is 7.11 Å². The smallest absolute Gasteiger partial charge is 0.377 e. The van der Waals surface area contributed by atoms with Gasteiger partial charge in [0.25, 0.3) is 5.91 Å². The molecular formula is C16H18N2O5. The van der Waals surface area contributed by atoms with Crippen molar-refractivity contribution >= 4 is 11.9 Å². The van der Waals surface area contributed by atoms with Gasteiger partial charge in [0.15, 0.2) is 6.10 Å². The highest BCUT2D eigenvalue weighted by molar-refractivity contribution is 5.89. The number of benzene rings is 1. The number of esters is 1. The van der Waals surface area contributed by atoms with Gasteiger partial charge < -0.3 is 19.3 Å². The molecule has 7 heteroatoms. The minimum absolute atomic E-state index is 0.0303. The number of rotatable bonds is 6. The van der Waals surface area contributed by atoms with Crippen molar-refractivity contribution in [2.24, 2.45) is 0 Å². The van der Waals surface area contributed by atoms with Crippen LogP contribution in [0.15, 0.2) is 34.9 Å². The fourth-order valence-corrected chi connectivity index (χ4v) is 1.81. The number of methoxy groups -OCH3 is 1. The van der Waals surface area contributed by atoms with Crippen molar-refractivity contribution in [2.45, 2.75) is 26.5 Å². The SMILES string of the molecule is COc1ccc(CNC(=O)[C@H](C)OC(=O)c2cc(C)no2)cc1. The average Bonchev–Trinajstić information content (AvgIpc) is 2.99. The third-order valence-corrected chi connectivity index (χ3v) is 3.11. The number of carbonyl (C=O) groups excluding carboxylic acids is 2. The van der Waals surface area contributed by atoms with Crippen LogP contribution in [0.4, 0.5) is 0 Å². The predicted molar refractivity (Wildman–Crippen MR) is 81.0 cm³/mol. The molecule has 2 rings (SSSR count). The Morgan fingerprint density at radius 3 is 2.57 bits per heavy atom. The average molecular weight is 318 g/mol. The first kappa shape index (κ1) is 16.5. The molecule has 0 unspecified atom stereocenters. The first-order valence-corrected chi connectivity index (χ1v) is 7.04. The summed E-state index contributed by atoms with van der Waals surface area (Å²) in [6, 6.07) is 8.73. The molecular weight excluding hydrogens is 300 g/mol. The van der Waals surface area contributed by atoms with Crippen molar-refractivity contribution < 1.29 is 23.6 Å². The van der Waals surface area contributed by atoms with E-state index in [4.69, 9.17) is 14.0 Å². The molecule has 1 N–H and O–H groups in total. The molecule has 0 radical (unpaired) electrons. The second-order valence-electron chi connectivity index (χ2n) is 4.95. The Kier molecular flexibility index (Phi) is 5.35. The van der Waals surface area contributed by atoms with Crippen LogP contribution in [0, 0.1) is 6.92 Å². The fraction of sp³-hybridized carbons (Fsp3) is 0.312. The van der Waals surface area contributed by atoms with Crippen LogP contribution >= 0.6 is 0 Å². The predicted octanol–water partition coefficient (Wildman–Crippen LogP) is 1.85. The van der Waals surface area contributed by atoms with Crippen molar-refractivity contribution in [1.82, 2.24) is 10.5 Å². The van der Waals surface area contributed by atoms with E-state index in [1.54, 1.807) is 26.2 Å². The van der Waals surface area contributed by atoms with E-state index in [2.05, 4.69) is 10.5 Å². The Morgan fingerprint density at radius 2 is 2.00 bits per heavy atom. The zero-order valence-corrected chi connectivity index (χ0v) is 13.2. The lowest BCUT2D eigenvalue weighted by Gasteiger charge is -2.12. The van der Waals surface area contributed by atoms with Crippen molar-refractivity contribution in [3.8, 4) is 5.75 Å². The monoisotopic (exact) mass is 318 g/mol. The first-order chi connectivity index (χ1) is 11.0. The van der Waals surface area contributed by atoms with Crippen LogP contribution in [0.1, 0.15) is 28.7 Å². The molecule has 1 aromatic heterocycles. The van der Waals surface area contributed by atoms with Crippen LogP contribution in [0.5, 0.6) is 5.75 Å². The molecule has 23 heavy (non-hydrogen) atoms. The van der Waals surface area contributed by atoms with Crippen LogP contribution in [-0.4, -0.2) is 30.2 Å². The van der Waals surface area contributed by atoms with Gasteiger partial charge >= 0.3 is 5.97 Å². The number of aromatic nitrogens is 1. The lowest BCUT2D eigenvalue weighted by Crippen LogP contribution is -2.35. The number of carbonyl (C=O) groups is 2. The zero-order valence-electron chi connectivity index (χ0n) is 13.2. The normalized spacial score (nSPS) is 11.6. The van der Waals surface area contributed by atoms with Gasteiger partial charge in [-0.3, -0.25) is 4.79 Å². The summed E-state index contributed by atoms with van der Waals surface area (Å²) in [4.78, 5) is 23.7. The summed E-state index contributed by atoms with van der Waals surface area (Å²) in [7, 11) is 1.59. The van der Waals surface area contributed by atoms with Crippen molar-refractivity contribution in [3.63, 3.8) is 0 Å². The Balaban J connectivity index is 1.83. The van der Waals surface area contributed by atoms with Gasteiger partial charge in [-0.15, -0.1) is 0 Å². The maximum atomic E-state index is 12.0. The fourth-order valence-electron chi connectivity index (χ4n) is 1.81. The molecule has 1 atom stereocenters. The topological polar surface area (TPSA) is 90.7 Å². The van der Waals surface area contributed by atoms with E-state index in [-0.39, 0.29) is 5.76 Å². The van der Waals surface area contributed by atoms with E-state index in [0.717, 1.165) is 11.3 Å². The molecule has 1 heterocycles. The minimum Gasteiger partial charge on any atom is -0.497 e. The second-order valence-corrected chi connectivity index (χ2v) is 4.95. The molecule has 2 aromatic rings. The second kappa shape index (κ2) is 7.44. The highest BCUT2D eigenvalue weighted by atomic mass is 16.6. The van der Waals surface area contributed by atoms with E-state index in [1.165, 1.54) is 13.0 Å². The molecule has 0 aliphatic rings. The highest BCUT2D eigenvalue weighted by Gasteiger charge is 2.21. The van der Waals surface area contributed by atoms with Crippen LogP contribution in [0.2, 0.25) is 0 Å². The van der Waals surface area contributed by atoms with Crippen molar-refractivity contribution in [3.05, 3.63) is 47.3 Å². The Labute approximate surface area is 133 Å². The first-order valence-electron chi connectivity index (χ1n) is 7.04. The van der Waals surface area contributed by atoms with Gasteiger partial charge in [-0.25, -0.2) is 4.79 Å². The van der Waals surface area contributed by atoms with Gasteiger partial charge in [0, 0.05) is 12.6 Å². The maximum absolute atomic E-state index is 12.0. The van der Waals surface area contributed by atoms with E-state index in [1.807, 2.05) is 12.1 Å². The summed E-state index contributed by atoms with van der Waals surface area (Å²) in [6.45, 7) is 3.50. The lowest BCUT2D eigenvalue weighted by atomic mass is 10.2. The molecule has 7 nitrogen and oxygen atoms in total. The Morgan fingerprint density at radius 1 is 1.30 bits per heavy atom. The summed E-state index contributed by atoms with van der Waals surface area (Å²) < 4.78 is 14.9. The van der Waals surface area contributed by atoms with Crippen LogP contribution in [0.25, 0.3) is 0 Å². The van der Waals surface area contributed by atoms with E-state index < -0.39 is 18.0 Å². The molecule has 0 aliphatic heterocycles. The molecule has 1 aromatic carbocycles. The molecule has 1 amide bonds. The quantitative estimate of drug-likeness (QED) is 0.817. The van der Waals surface area contributed by atoms with Gasteiger partial charge in [-0.1, -0.05) is 17.3 Å². The standard InChI is InChI=1S/C16H18N2O5/c1-10-8-14(23-18-10)16(20)22-11(2)15(19)17-9-12-4-6-13(21-3)7-5-12/h4-8,11H,9H2,1-3H3,(H,17,19)/t11-/m0/s1. The lowest BCUT2D eigenvalue weighted by molar-refractivity contribution is -0.129. The number of aryl methyl sites for hydroxylation is 1. The molecule has 0 saturated carbocycles. The van der Waals surface area contributed by atoms with Crippen LogP contribution < -0.4 is 10.1 Å². The molecule has 0 spiro atoms. The number of ether oxygens (including phenoxy) is 2. The van der Waals surface area contributed by atoms with Gasteiger partial charge in [0.05, 0.1) is 12.8 Å². The summed E-state index contributed by atoms with van der Waals surface area (Å²) >= 11 is 0. The molecule has 0 aliphatic carbocycles. The minimum atomic E-state index is -0.939. The molecule has 0 fully saturated rings. The van der Waals surface area contributed by atoms with Crippen molar-refractivity contribution in [1.29, 1.82) is 0 Å². The van der Waals surface area contributed by atoms with Gasteiger partial charge in [0.2, 0.25) is 5.76 Å². The van der Waals surface area contributed by atoms with Gasteiger partial charge in [0.1, 0.15) is 5.75 Å². The summed E-state index contributed by atoms with van der Waals surface area (Å²) in [5.41, 5.74) is 1.47. The third kappa shape index (κ3) is 4.57. The Bertz CT molecular complexity index is 678. The third-order valence-electron chi connectivity index (χ3n) is 3.11. The number of nitrogens with one attached hydrogen (secondary N) is 1. The summed E-state index contributed by atoms with van der Waals surface area (Å²) in [6.07, 6.45) is -0.939. The number of hydrogen-bond donors (Lipinski definition) is 1. The van der Waals surface area contributed by atoms with Gasteiger partial charge in [-0.05, 0) is 31.5 Å². The number of nitrogens with zero attached hydrogens (tertiary/aromatic N) is 1. The highest BCUT2D eigenvalue weighted by Crippen LogP contribution is 2.11. The van der Waals surface area contributed by atoms with Crippen LogP contribution in [0.3, 0.4) is 0 Å². The van der Waals surface area contributed by atoms with E-state index in [0.29, 0.717) is 12.2 Å². The maximum Gasteiger partial charge on any atom is 0.377 e. The molecule has 122 valence electrons. The van der Waals surface area contributed by atoms with Gasteiger partial charge in [-0.2, -0.15) is 0 Å². The van der Waals surface area contributed by atoms with E-state index >= 15 is 0 Å². The largest absolute Gasteiger partial charge is 0.497 e. The molecule has 0 bridgehead atoms. The Hall–Kier alpha value is -2.83. The molecule has 0 saturated heterocycles. The zero-order chi connectivity index (χ0) is 16.8. The van der Waals surface area contributed by atoms with Crippen LogP contribution in [-0.2, 0) is 16.1 Å². The van der Waals surface area contributed by atoms with E-state index in [9.17, 15) is 9.59 Å². The number of hydrogen-bond acceptors (Lipinski definition) is 6. The summed E-state index contributed by atoms with van der Waals surface area (Å²) in [5, 5.41) is 6.29.